The van der Waals surface area contributed by atoms with E-state index in [2.05, 4.69) is 28.5 Å². The van der Waals surface area contributed by atoms with Crippen molar-refractivity contribution in [2.45, 2.75) is 12.0 Å². The molecule has 0 saturated heterocycles. The van der Waals surface area contributed by atoms with E-state index in [-0.39, 0.29) is 12.0 Å². The second-order valence-corrected chi connectivity index (χ2v) is 5.26. The minimum absolute atomic E-state index is 0.0448. The van der Waals surface area contributed by atoms with Crippen LogP contribution >= 0.6 is 0 Å². The van der Waals surface area contributed by atoms with Crippen LogP contribution < -0.4 is 5.32 Å². The lowest BCUT2D eigenvalue weighted by Gasteiger charge is -2.24. The molecule has 2 aromatic carbocycles. The maximum absolute atomic E-state index is 11.6. The Morgan fingerprint density at radius 2 is 1.73 bits per heavy atom. The van der Waals surface area contributed by atoms with E-state index in [0.29, 0.717) is 0 Å². The van der Waals surface area contributed by atoms with Crippen LogP contribution in [0.4, 0.5) is 0 Å². The first-order chi connectivity index (χ1) is 10.8. The maximum atomic E-state index is 11.6. The summed E-state index contributed by atoms with van der Waals surface area (Å²) in [5.41, 5.74) is 3.18. The van der Waals surface area contributed by atoms with Crippen molar-refractivity contribution in [3.05, 3.63) is 78.0 Å². The number of nitrogens with one attached hydrogen (secondary N) is 1. The molecule has 1 N–H and O–H groups in total. The maximum Gasteiger partial charge on any atom is 0.137 e. The predicted octanol–water partition coefficient (Wildman–Crippen LogP) is 3.15. The van der Waals surface area contributed by atoms with E-state index >= 15 is 0 Å². The van der Waals surface area contributed by atoms with Crippen LogP contribution in [-0.4, -0.2) is 24.4 Å². The quantitative estimate of drug-likeness (QED) is 0.734. The third-order valence-corrected chi connectivity index (χ3v) is 4.02. The summed E-state index contributed by atoms with van der Waals surface area (Å²) in [7, 11) is 1.82. The van der Waals surface area contributed by atoms with Gasteiger partial charge in [0.15, 0.2) is 0 Å². The van der Waals surface area contributed by atoms with Gasteiger partial charge >= 0.3 is 0 Å². The van der Waals surface area contributed by atoms with Gasteiger partial charge in [-0.05, 0) is 30.3 Å². The van der Waals surface area contributed by atoms with Crippen LogP contribution in [0.1, 0.15) is 17.0 Å². The molecule has 2 atom stereocenters. The van der Waals surface area contributed by atoms with E-state index in [9.17, 15) is 4.79 Å². The molecule has 0 radical (unpaired) electrons. The molecule has 0 saturated carbocycles. The minimum Gasteiger partial charge on any atom is -0.310 e. The molecule has 0 aliphatic heterocycles. The Kier molecular flexibility index (Phi) is 4.26. The fourth-order valence-electron chi connectivity index (χ4n) is 2.94. The fourth-order valence-corrected chi connectivity index (χ4v) is 2.94. The largest absolute Gasteiger partial charge is 0.310 e. The first-order valence-electron chi connectivity index (χ1n) is 7.36. The normalized spacial score (nSPS) is 13.7. The topological polar surface area (TPSA) is 42.0 Å². The van der Waals surface area contributed by atoms with Gasteiger partial charge in [0.05, 0.1) is 11.6 Å². The molecule has 1 aromatic heterocycles. The van der Waals surface area contributed by atoms with E-state index in [0.717, 1.165) is 28.3 Å². The lowest BCUT2D eigenvalue weighted by Crippen LogP contribution is -2.34. The standard InChI is InChI=1S/C19H18N2O/c1-20-18(13-22)19(14-7-3-2-4-8-14)16-11-12-21-17-10-6-5-9-15(16)17/h2-13,18-20H,1H3/t18-,19-/m0/s1. The van der Waals surface area contributed by atoms with Gasteiger partial charge in [0.2, 0.25) is 0 Å². The van der Waals surface area contributed by atoms with Crippen LogP contribution in [-0.2, 0) is 4.79 Å². The van der Waals surface area contributed by atoms with E-state index in [1.54, 1.807) is 0 Å². The molecule has 0 fully saturated rings. The Hall–Kier alpha value is -2.52. The fraction of sp³-hybridized carbons (Fsp3) is 0.158. The second-order valence-electron chi connectivity index (χ2n) is 5.26. The van der Waals surface area contributed by atoms with E-state index in [1.165, 1.54) is 0 Å². The number of rotatable bonds is 5. The van der Waals surface area contributed by atoms with Gasteiger partial charge in [-0.2, -0.15) is 0 Å². The van der Waals surface area contributed by atoms with Crippen LogP contribution in [0.15, 0.2) is 66.9 Å². The highest BCUT2D eigenvalue weighted by Gasteiger charge is 2.25. The van der Waals surface area contributed by atoms with Gasteiger partial charge in [-0.25, -0.2) is 0 Å². The molecular formula is C19H18N2O. The summed E-state index contributed by atoms with van der Waals surface area (Å²) in [6.07, 6.45) is 2.79. The molecule has 3 aromatic rings. The van der Waals surface area contributed by atoms with Crippen molar-refractivity contribution < 1.29 is 4.79 Å². The molecule has 0 spiro atoms. The number of carbonyl (C=O) groups excluding carboxylic acids is 1. The summed E-state index contributed by atoms with van der Waals surface area (Å²) in [4.78, 5) is 16.0. The Balaban J connectivity index is 2.22. The SMILES string of the molecule is CN[C@@H](C=O)[C@@H](c1ccccc1)c1ccnc2ccccc12. The first kappa shape index (κ1) is 14.4. The molecule has 22 heavy (non-hydrogen) atoms. The molecular weight excluding hydrogens is 272 g/mol. The van der Waals surface area contributed by atoms with Crippen LogP contribution in [0.3, 0.4) is 0 Å². The number of pyridine rings is 1. The van der Waals surface area contributed by atoms with Crippen LogP contribution in [0, 0.1) is 0 Å². The Morgan fingerprint density at radius 1 is 1.00 bits per heavy atom. The molecule has 3 heteroatoms. The molecule has 0 aliphatic carbocycles. The number of nitrogens with zero attached hydrogens (tertiary/aromatic N) is 1. The van der Waals surface area contributed by atoms with E-state index in [4.69, 9.17) is 0 Å². The van der Waals surface area contributed by atoms with Gasteiger partial charge in [-0.1, -0.05) is 48.5 Å². The summed E-state index contributed by atoms with van der Waals surface area (Å²) >= 11 is 0. The zero-order valence-corrected chi connectivity index (χ0v) is 12.4. The zero-order valence-electron chi connectivity index (χ0n) is 12.4. The van der Waals surface area contributed by atoms with Crippen LogP contribution in [0.25, 0.3) is 10.9 Å². The van der Waals surface area contributed by atoms with Gasteiger partial charge in [-0.3, -0.25) is 4.98 Å². The van der Waals surface area contributed by atoms with Gasteiger partial charge in [-0.15, -0.1) is 0 Å². The van der Waals surface area contributed by atoms with Crippen molar-refractivity contribution in [2.24, 2.45) is 0 Å². The number of carbonyl (C=O) groups is 1. The van der Waals surface area contributed by atoms with Gasteiger partial charge in [0.1, 0.15) is 6.29 Å². The number of aldehydes is 1. The number of benzene rings is 2. The highest BCUT2D eigenvalue weighted by Crippen LogP contribution is 2.32. The number of aromatic nitrogens is 1. The first-order valence-corrected chi connectivity index (χ1v) is 7.36. The lowest BCUT2D eigenvalue weighted by molar-refractivity contribution is -0.109. The summed E-state index contributed by atoms with van der Waals surface area (Å²) in [5.74, 6) is -0.0448. The van der Waals surface area contributed by atoms with Crippen molar-refractivity contribution in [1.82, 2.24) is 10.3 Å². The van der Waals surface area contributed by atoms with Crippen molar-refractivity contribution in [2.75, 3.05) is 7.05 Å². The predicted molar refractivity (Wildman–Crippen MR) is 88.9 cm³/mol. The molecule has 0 aliphatic rings. The monoisotopic (exact) mass is 290 g/mol. The Labute approximate surface area is 130 Å². The summed E-state index contributed by atoms with van der Waals surface area (Å²) < 4.78 is 0. The number of hydrogen-bond donors (Lipinski definition) is 1. The molecule has 110 valence electrons. The number of para-hydroxylation sites is 1. The summed E-state index contributed by atoms with van der Waals surface area (Å²) in [6, 6.07) is 19.9. The Morgan fingerprint density at radius 3 is 2.45 bits per heavy atom. The van der Waals surface area contributed by atoms with Crippen molar-refractivity contribution in [3.63, 3.8) is 0 Å². The number of fused-ring (bicyclic) bond motifs is 1. The van der Waals surface area contributed by atoms with Crippen molar-refractivity contribution >= 4 is 17.2 Å². The van der Waals surface area contributed by atoms with Gasteiger partial charge < -0.3 is 10.1 Å². The van der Waals surface area contributed by atoms with E-state index < -0.39 is 0 Å². The van der Waals surface area contributed by atoms with Gasteiger partial charge in [0, 0.05) is 17.5 Å². The average Bonchev–Trinajstić information content (AvgIpc) is 2.60. The highest BCUT2D eigenvalue weighted by atomic mass is 16.1. The number of hydrogen-bond acceptors (Lipinski definition) is 3. The Bertz CT molecular complexity index is 765. The average molecular weight is 290 g/mol. The second kappa shape index (κ2) is 6.50. The molecule has 3 nitrogen and oxygen atoms in total. The summed E-state index contributed by atoms with van der Waals surface area (Å²) in [5, 5.41) is 4.21. The highest BCUT2D eigenvalue weighted by molar-refractivity contribution is 5.84. The van der Waals surface area contributed by atoms with Crippen LogP contribution in [0.5, 0.6) is 0 Å². The molecule has 0 amide bonds. The third-order valence-electron chi connectivity index (χ3n) is 4.02. The molecule has 1 heterocycles. The molecule has 0 bridgehead atoms. The van der Waals surface area contributed by atoms with E-state index in [1.807, 2.05) is 55.7 Å². The molecule has 3 rings (SSSR count). The lowest BCUT2D eigenvalue weighted by atomic mass is 9.84. The minimum atomic E-state index is -0.284. The molecule has 0 unspecified atom stereocenters. The third kappa shape index (κ3) is 2.63. The van der Waals surface area contributed by atoms with Crippen molar-refractivity contribution in [3.8, 4) is 0 Å². The summed E-state index contributed by atoms with van der Waals surface area (Å²) in [6.45, 7) is 0. The van der Waals surface area contributed by atoms with Gasteiger partial charge in [0.25, 0.3) is 0 Å². The smallest absolute Gasteiger partial charge is 0.137 e. The number of likely N-dealkylation sites (N-methyl/N-ethyl adjacent to an activating group) is 1. The van der Waals surface area contributed by atoms with Crippen LogP contribution in [0.2, 0.25) is 0 Å². The van der Waals surface area contributed by atoms with Crippen molar-refractivity contribution in [1.29, 1.82) is 0 Å². The zero-order chi connectivity index (χ0) is 15.4.